The summed E-state index contributed by atoms with van der Waals surface area (Å²) in [7, 11) is 0. The van der Waals surface area contributed by atoms with Gasteiger partial charge < -0.3 is 10.0 Å². The molecule has 2 fully saturated rings. The molecular formula is C29H34FN3O2. The van der Waals surface area contributed by atoms with Crippen molar-refractivity contribution in [3.05, 3.63) is 78.1 Å². The minimum atomic E-state index is -0.723. The lowest BCUT2D eigenvalue weighted by Gasteiger charge is -2.47. The van der Waals surface area contributed by atoms with Gasteiger partial charge in [0.2, 0.25) is 0 Å². The molecule has 2 aliphatic heterocycles. The third kappa shape index (κ3) is 5.49. The van der Waals surface area contributed by atoms with Gasteiger partial charge in [0.25, 0.3) is 0 Å². The van der Waals surface area contributed by atoms with Gasteiger partial charge >= 0.3 is 5.97 Å². The Labute approximate surface area is 206 Å². The molecule has 0 aromatic heterocycles. The van der Waals surface area contributed by atoms with Crippen LogP contribution in [0.3, 0.4) is 0 Å². The first-order chi connectivity index (χ1) is 17.1. The summed E-state index contributed by atoms with van der Waals surface area (Å²) in [5.74, 6) is -0.573. The van der Waals surface area contributed by atoms with Crippen LogP contribution in [0, 0.1) is 11.7 Å². The predicted octanol–water partition coefficient (Wildman–Crippen LogP) is 4.86. The Morgan fingerprint density at radius 1 is 0.914 bits per heavy atom. The Morgan fingerprint density at radius 3 is 2.46 bits per heavy atom. The molecule has 0 saturated carbocycles. The van der Waals surface area contributed by atoms with Gasteiger partial charge in [-0.1, -0.05) is 54.6 Å². The van der Waals surface area contributed by atoms with Crippen molar-refractivity contribution in [2.45, 2.75) is 31.8 Å². The van der Waals surface area contributed by atoms with Gasteiger partial charge in [-0.3, -0.25) is 14.6 Å². The van der Waals surface area contributed by atoms with E-state index in [2.05, 4.69) is 57.2 Å². The summed E-state index contributed by atoms with van der Waals surface area (Å²) in [5.41, 5.74) is 2.01. The van der Waals surface area contributed by atoms with E-state index in [9.17, 15) is 14.3 Å². The highest BCUT2D eigenvalue weighted by molar-refractivity contribution is 5.85. The highest BCUT2D eigenvalue weighted by atomic mass is 19.1. The van der Waals surface area contributed by atoms with Gasteiger partial charge in [0.05, 0.1) is 5.69 Å². The lowest BCUT2D eigenvalue weighted by molar-refractivity contribution is -0.137. The minimum Gasteiger partial charge on any atom is -0.481 e. The molecule has 0 radical (unpaired) electrons. The van der Waals surface area contributed by atoms with Crippen LogP contribution in [0.4, 0.5) is 10.1 Å². The van der Waals surface area contributed by atoms with Crippen molar-refractivity contribution in [3.8, 4) is 0 Å². The number of carboxylic acids is 1. The van der Waals surface area contributed by atoms with Gasteiger partial charge in [0.15, 0.2) is 0 Å². The van der Waals surface area contributed by atoms with E-state index in [1.165, 1.54) is 22.4 Å². The van der Waals surface area contributed by atoms with Crippen molar-refractivity contribution in [1.29, 1.82) is 0 Å². The average Bonchev–Trinajstić information content (AvgIpc) is 2.88. The first kappa shape index (κ1) is 23.8. The van der Waals surface area contributed by atoms with Crippen molar-refractivity contribution < 1.29 is 14.3 Å². The quantitative estimate of drug-likeness (QED) is 0.529. The number of piperazine rings is 1. The number of fused-ring (bicyclic) bond motifs is 1. The molecule has 2 saturated heterocycles. The summed E-state index contributed by atoms with van der Waals surface area (Å²) >= 11 is 0. The molecular weight excluding hydrogens is 441 g/mol. The lowest BCUT2D eigenvalue weighted by Crippen LogP contribution is -2.56. The summed E-state index contributed by atoms with van der Waals surface area (Å²) in [6.45, 7) is 6.15. The number of anilines is 1. The summed E-state index contributed by atoms with van der Waals surface area (Å²) < 4.78 is 14.3. The number of carboxylic acid groups (broad SMARTS) is 1. The number of hydrogen-bond acceptors (Lipinski definition) is 4. The summed E-state index contributed by atoms with van der Waals surface area (Å²) in [6.07, 6.45) is 1.94. The Balaban J connectivity index is 1.26. The highest BCUT2D eigenvalue weighted by Gasteiger charge is 2.35. The average molecular weight is 476 g/mol. The Hall–Kier alpha value is -2.96. The zero-order chi connectivity index (χ0) is 24.2. The van der Waals surface area contributed by atoms with Gasteiger partial charge in [0, 0.05) is 51.7 Å². The third-order valence-electron chi connectivity index (χ3n) is 7.76. The topological polar surface area (TPSA) is 47.0 Å². The van der Waals surface area contributed by atoms with Gasteiger partial charge in [-0.2, -0.15) is 0 Å². The van der Waals surface area contributed by atoms with Crippen LogP contribution in [0.2, 0.25) is 0 Å². The van der Waals surface area contributed by atoms with Crippen LogP contribution in [-0.4, -0.2) is 66.2 Å². The van der Waals surface area contributed by atoms with E-state index in [1.807, 2.05) is 12.1 Å². The van der Waals surface area contributed by atoms with Crippen LogP contribution in [0.25, 0.3) is 10.8 Å². The van der Waals surface area contributed by atoms with Crippen LogP contribution in [-0.2, 0) is 11.3 Å². The van der Waals surface area contributed by atoms with Crippen LogP contribution in [0.1, 0.15) is 24.8 Å². The number of likely N-dealkylation sites (tertiary alicyclic amines) is 1. The zero-order valence-electron chi connectivity index (χ0n) is 20.2. The second kappa shape index (κ2) is 10.8. The van der Waals surface area contributed by atoms with Crippen molar-refractivity contribution in [1.82, 2.24) is 9.80 Å². The Kier molecular flexibility index (Phi) is 7.30. The Bertz CT molecular complexity index is 1160. The number of benzene rings is 3. The second-order valence-corrected chi connectivity index (χ2v) is 9.90. The standard InChI is InChI=1S/C29H34FN3O2/c30-26-10-3-4-11-28(26)33-18-16-32(17-19-33)27-14-15-31(21-24(27)12-13-29(34)35)20-23-8-5-7-22-6-1-2-9-25(22)23/h1-11,24,27H,12-21H2,(H,34,35)/t24-,27+/m1/s1. The smallest absolute Gasteiger partial charge is 0.303 e. The molecule has 2 atom stereocenters. The maximum Gasteiger partial charge on any atom is 0.303 e. The summed E-state index contributed by atoms with van der Waals surface area (Å²) in [4.78, 5) is 18.6. The van der Waals surface area contributed by atoms with E-state index in [1.54, 1.807) is 6.07 Å². The Morgan fingerprint density at radius 2 is 1.66 bits per heavy atom. The van der Waals surface area contributed by atoms with Crippen molar-refractivity contribution in [2.75, 3.05) is 44.2 Å². The molecule has 5 rings (SSSR count). The lowest BCUT2D eigenvalue weighted by atomic mass is 9.86. The molecule has 1 N–H and O–H groups in total. The predicted molar refractivity (Wildman–Crippen MR) is 138 cm³/mol. The molecule has 0 unspecified atom stereocenters. The van der Waals surface area contributed by atoms with Crippen LogP contribution < -0.4 is 4.90 Å². The molecule has 0 spiro atoms. The molecule has 0 aliphatic carbocycles. The van der Waals surface area contributed by atoms with Crippen molar-refractivity contribution in [3.63, 3.8) is 0 Å². The molecule has 0 bridgehead atoms. The number of halogens is 1. The number of nitrogens with zero attached hydrogens (tertiary/aromatic N) is 3. The third-order valence-corrected chi connectivity index (χ3v) is 7.76. The molecule has 35 heavy (non-hydrogen) atoms. The number of hydrogen-bond donors (Lipinski definition) is 1. The largest absolute Gasteiger partial charge is 0.481 e. The van der Waals surface area contributed by atoms with Crippen LogP contribution >= 0.6 is 0 Å². The fourth-order valence-electron chi connectivity index (χ4n) is 5.99. The molecule has 3 aromatic carbocycles. The molecule has 184 valence electrons. The zero-order valence-corrected chi connectivity index (χ0v) is 20.2. The van der Waals surface area contributed by atoms with Crippen molar-refractivity contribution >= 4 is 22.4 Å². The van der Waals surface area contributed by atoms with Crippen LogP contribution in [0.15, 0.2) is 66.7 Å². The molecule has 3 aromatic rings. The number of rotatable bonds is 7. The van der Waals surface area contributed by atoms with Gasteiger partial charge in [0.1, 0.15) is 5.82 Å². The fourth-order valence-corrected chi connectivity index (χ4v) is 5.99. The van der Waals surface area contributed by atoms with E-state index >= 15 is 0 Å². The van der Waals surface area contributed by atoms with Gasteiger partial charge in [-0.05, 0) is 53.8 Å². The van der Waals surface area contributed by atoms with Crippen molar-refractivity contribution in [2.24, 2.45) is 5.92 Å². The van der Waals surface area contributed by atoms with Gasteiger partial charge in [-0.15, -0.1) is 0 Å². The van der Waals surface area contributed by atoms with E-state index in [-0.39, 0.29) is 12.2 Å². The first-order valence-corrected chi connectivity index (χ1v) is 12.7. The number of piperidine rings is 1. The van der Waals surface area contributed by atoms with E-state index in [0.29, 0.717) is 24.1 Å². The van der Waals surface area contributed by atoms with Crippen LogP contribution in [0.5, 0.6) is 0 Å². The molecule has 0 amide bonds. The van der Waals surface area contributed by atoms with Gasteiger partial charge in [-0.25, -0.2) is 4.39 Å². The SMILES string of the molecule is O=C(O)CC[C@@H]1CN(Cc2cccc3ccccc23)CC[C@@H]1N1CCN(c2ccccc2F)CC1. The molecule has 2 heterocycles. The van der Waals surface area contributed by atoms with E-state index < -0.39 is 5.97 Å². The first-order valence-electron chi connectivity index (χ1n) is 12.7. The van der Waals surface area contributed by atoms with E-state index in [4.69, 9.17) is 0 Å². The number of para-hydroxylation sites is 1. The highest BCUT2D eigenvalue weighted by Crippen LogP contribution is 2.30. The molecule has 5 nitrogen and oxygen atoms in total. The number of carbonyl (C=O) groups is 1. The molecule has 6 heteroatoms. The monoisotopic (exact) mass is 475 g/mol. The second-order valence-electron chi connectivity index (χ2n) is 9.90. The number of aliphatic carboxylic acids is 1. The van der Waals surface area contributed by atoms with E-state index in [0.717, 1.165) is 52.2 Å². The fraction of sp³-hybridized carbons (Fsp3) is 0.414. The summed E-state index contributed by atoms with van der Waals surface area (Å²) in [6, 6.07) is 22.4. The maximum atomic E-state index is 14.3. The maximum absolute atomic E-state index is 14.3. The summed E-state index contributed by atoms with van der Waals surface area (Å²) in [5, 5.41) is 11.9. The minimum absolute atomic E-state index is 0.165. The molecule has 2 aliphatic rings. The normalized spacial score (nSPS) is 21.9.